The lowest BCUT2D eigenvalue weighted by molar-refractivity contribution is 0.0696. The van der Waals surface area contributed by atoms with Crippen LogP contribution in [0.4, 0.5) is 0 Å². The van der Waals surface area contributed by atoms with Gasteiger partial charge in [0, 0.05) is 25.7 Å². The normalized spacial score (nSPS) is 21.3. The summed E-state index contributed by atoms with van der Waals surface area (Å²) in [5.41, 5.74) is 0.607. The Balaban J connectivity index is 2.17. The van der Waals surface area contributed by atoms with E-state index < -0.39 is 16.0 Å². The van der Waals surface area contributed by atoms with Crippen LogP contribution in [0.2, 0.25) is 0 Å². The van der Waals surface area contributed by atoms with Crippen molar-refractivity contribution < 1.29 is 18.3 Å². The van der Waals surface area contributed by atoms with Crippen LogP contribution in [-0.4, -0.2) is 61.4 Å². The molecule has 7 heteroatoms. The van der Waals surface area contributed by atoms with Crippen molar-refractivity contribution in [3.63, 3.8) is 0 Å². The molecule has 0 bridgehead atoms. The van der Waals surface area contributed by atoms with Crippen LogP contribution in [0.5, 0.6) is 0 Å². The highest BCUT2D eigenvalue weighted by Gasteiger charge is 2.31. The Morgan fingerprint density at radius 3 is 2.71 bits per heavy atom. The highest BCUT2D eigenvalue weighted by Crippen LogP contribution is 2.18. The number of hydrogen-bond acceptors (Lipinski definition) is 4. The second-order valence-electron chi connectivity index (χ2n) is 5.48. The fourth-order valence-electron chi connectivity index (χ4n) is 2.62. The molecule has 0 amide bonds. The monoisotopic (exact) mass is 312 g/mol. The molecule has 1 N–H and O–H groups in total. The van der Waals surface area contributed by atoms with Crippen LogP contribution in [0.3, 0.4) is 0 Å². The topological polar surface area (TPSA) is 77.9 Å². The van der Waals surface area contributed by atoms with Gasteiger partial charge in [-0.1, -0.05) is 12.1 Å². The summed E-state index contributed by atoms with van der Waals surface area (Å²) >= 11 is 0. The number of hydrogen-bond donors (Lipinski definition) is 1. The molecule has 0 radical (unpaired) electrons. The minimum absolute atomic E-state index is 0.0728. The molecule has 1 aliphatic heterocycles. The Morgan fingerprint density at radius 1 is 1.38 bits per heavy atom. The lowest BCUT2D eigenvalue weighted by Crippen LogP contribution is -2.52. The largest absolute Gasteiger partial charge is 0.478 e. The smallest absolute Gasteiger partial charge is 0.335 e. The minimum atomic E-state index is -3.44. The molecule has 1 aliphatic rings. The molecular formula is C14H20N2O4S. The van der Waals surface area contributed by atoms with E-state index in [0.717, 1.165) is 0 Å². The van der Waals surface area contributed by atoms with E-state index >= 15 is 0 Å². The average Bonchev–Trinajstić information content (AvgIpc) is 2.37. The van der Waals surface area contributed by atoms with Gasteiger partial charge in [-0.05, 0) is 31.7 Å². The predicted octanol–water partition coefficient (Wildman–Crippen LogP) is 0.850. The zero-order valence-corrected chi connectivity index (χ0v) is 13.0. The molecule has 116 valence electrons. The maximum Gasteiger partial charge on any atom is 0.335 e. The van der Waals surface area contributed by atoms with Gasteiger partial charge in [0.2, 0.25) is 10.0 Å². The van der Waals surface area contributed by atoms with Crippen LogP contribution in [0.15, 0.2) is 24.3 Å². The van der Waals surface area contributed by atoms with E-state index in [1.165, 1.54) is 16.4 Å². The van der Waals surface area contributed by atoms with Crippen molar-refractivity contribution in [1.29, 1.82) is 0 Å². The van der Waals surface area contributed by atoms with Crippen LogP contribution in [0.1, 0.15) is 22.8 Å². The molecule has 1 aromatic rings. The van der Waals surface area contributed by atoms with Crippen molar-refractivity contribution in [3.8, 4) is 0 Å². The number of carboxylic acid groups (broad SMARTS) is 1. The minimum Gasteiger partial charge on any atom is -0.478 e. The van der Waals surface area contributed by atoms with Crippen molar-refractivity contribution in [2.45, 2.75) is 18.7 Å². The van der Waals surface area contributed by atoms with Crippen LogP contribution in [0, 0.1) is 0 Å². The van der Waals surface area contributed by atoms with E-state index in [1.807, 2.05) is 14.0 Å². The average molecular weight is 312 g/mol. The first kappa shape index (κ1) is 15.9. The summed E-state index contributed by atoms with van der Waals surface area (Å²) in [5, 5.41) is 8.96. The van der Waals surface area contributed by atoms with Crippen LogP contribution >= 0.6 is 0 Å². The molecule has 0 aromatic heterocycles. The summed E-state index contributed by atoms with van der Waals surface area (Å²) in [7, 11) is -1.47. The lowest BCUT2D eigenvalue weighted by Gasteiger charge is -2.37. The van der Waals surface area contributed by atoms with Gasteiger partial charge in [0.05, 0.1) is 11.3 Å². The molecule has 1 saturated heterocycles. The molecule has 1 unspecified atom stereocenters. The van der Waals surface area contributed by atoms with E-state index in [0.29, 0.717) is 25.2 Å². The summed E-state index contributed by atoms with van der Waals surface area (Å²) in [6.45, 7) is 3.77. The number of piperazine rings is 1. The number of benzene rings is 1. The van der Waals surface area contributed by atoms with Crippen molar-refractivity contribution in [3.05, 3.63) is 35.4 Å². The molecule has 1 fully saturated rings. The zero-order valence-electron chi connectivity index (χ0n) is 12.2. The number of likely N-dealkylation sites (N-methyl/N-ethyl adjacent to an activating group) is 1. The summed E-state index contributed by atoms with van der Waals surface area (Å²) in [6, 6.07) is 6.01. The second kappa shape index (κ2) is 6.13. The third kappa shape index (κ3) is 3.81. The van der Waals surface area contributed by atoms with Gasteiger partial charge in [-0.3, -0.25) is 0 Å². The quantitative estimate of drug-likeness (QED) is 0.892. The van der Waals surface area contributed by atoms with Crippen molar-refractivity contribution in [2.75, 3.05) is 26.7 Å². The molecule has 0 aliphatic carbocycles. The van der Waals surface area contributed by atoms with Crippen LogP contribution < -0.4 is 0 Å². The van der Waals surface area contributed by atoms with Crippen molar-refractivity contribution in [2.24, 2.45) is 0 Å². The Bertz CT molecular complexity index is 630. The number of carboxylic acids is 1. The number of sulfonamides is 1. The van der Waals surface area contributed by atoms with Gasteiger partial charge in [-0.2, -0.15) is 4.31 Å². The number of rotatable bonds is 4. The standard InChI is InChI=1S/C14H20N2O4S/c1-11-9-15(2)6-7-16(11)21(19,20)10-12-4-3-5-13(8-12)14(17)18/h3-5,8,11H,6-7,9-10H2,1-2H3,(H,17,18). The summed E-state index contributed by atoms with van der Waals surface area (Å²) < 4.78 is 26.5. The Kier molecular flexibility index (Phi) is 4.65. The fraction of sp³-hybridized carbons (Fsp3) is 0.500. The molecule has 6 nitrogen and oxygen atoms in total. The molecule has 1 aromatic carbocycles. The van der Waals surface area contributed by atoms with E-state index in [-0.39, 0.29) is 17.4 Å². The number of carbonyl (C=O) groups is 1. The Labute approximate surface area is 125 Å². The van der Waals surface area contributed by atoms with Gasteiger partial charge in [0.1, 0.15) is 0 Å². The highest BCUT2D eigenvalue weighted by atomic mass is 32.2. The Morgan fingerprint density at radius 2 is 2.10 bits per heavy atom. The maximum atomic E-state index is 12.5. The highest BCUT2D eigenvalue weighted by molar-refractivity contribution is 7.88. The first-order chi connectivity index (χ1) is 9.79. The van der Waals surface area contributed by atoms with Gasteiger partial charge in [0.25, 0.3) is 0 Å². The molecule has 0 spiro atoms. The Hall–Kier alpha value is -1.44. The van der Waals surface area contributed by atoms with E-state index in [2.05, 4.69) is 4.90 Å². The number of nitrogens with zero attached hydrogens (tertiary/aromatic N) is 2. The van der Waals surface area contributed by atoms with E-state index in [1.54, 1.807) is 12.1 Å². The van der Waals surface area contributed by atoms with E-state index in [9.17, 15) is 13.2 Å². The fourth-order valence-corrected chi connectivity index (χ4v) is 4.37. The molecule has 2 rings (SSSR count). The number of aromatic carboxylic acids is 1. The predicted molar refractivity (Wildman–Crippen MR) is 79.7 cm³/mol. The first-order valence-corrected chi connectivity index (χ1v) is 8.41. The summed E-state index contributed by atoms with van der Waals surface area (Å²) in [5.74, 6) is -1.22. The van der Waals surface area contributed by atoms with Crippen molar-refractivity contribution >= 4 is 16.0 Å². The molecule has 0 saturated carbocycles. The van der Waals surface area contributed by atoms with Crippen molar-refractivity contribution in [1.82, 2.24) is 9.21 Å². The van der Waals surface area contributed by atoms with Crippen LogP contribution in [0.25, 0.3) is 0 Å². The van der Waals surface area contributed by atoms with Gasteiger partial charge >= 0.3 is 5.97 Å². The summed E-state index contributed by atoms with van der Waals surface area (Å²) in [6.07, 6.45) is 0. The molecule has 1 heterocycles. The SMILES string of the molecule is CC1CN(C)CCN1S(=O)(=O)Cc1cccc(C(=O)O)c1. The summed E-state index contributed by atoms with van der Waals surface area (Å²) in [4.78, 5) is 13.0. The molecule has 1 atom stereocenters. The van der Waals surface area contributed by atoms with Gasteiger partial charge < -0.3 is 10.0 Å². The van der Waals surface area contributed by atoms with Crippen LogP contribution in [-0.2, 0) is 15.8 Å². The van der Waals surface area contributed by atoms with Gasteiger partial charge in [-0.15, -0.1) is 0 Å². The molecular weight excluding hydrogens is 292 g/mol. The third-order valence-corrected chi connectivity index (χ3v) is 5.61. The lowest BCUT2D eigenvalue weighted by atomic mass is 10.1. The first-order valence-electron chi connectivity index (χ1n) is 6.80. The van der Waals surface area contributed by atoms with Gasteiger partial charge in [-0.25, -0.2) is 13.2 Å². The maximum absolute atomic E-state index is 12.5. The second-order valence-corrected chi connectivity index (χ2v) is 7.41. The third-order valence-electron chi connectivity index (χ3n) is 3.65. The molecule has 21 heavy (non-hydrogen) atoms. The zero-order chi connectivity index (χ0) is 15.6. The van der Waals surface area contributed by atoms with Gasteiger partial charge in [0.15, 0.2) is 0 Å². The van der Waals surface area contributed by atoms with E-state index in [4.69, 9.17) is 5.11 Å².